The number of carbonyl (C=O) groups is 5. The summed E-state index contributed by atoms with van der Waals surface area (Å²) in [6.07, 6.45) is 14.0. The second-order valence-corrected chi connectivity index (χ2v) is 34.1. The standard InChI is InChI=1S/C19H22ClFN6O.C18H21ClN6O.C17H13F5N6O.C17H14F4N6O.C17H16F2N6O.15H2/c1-10-11(2)25-17(14-9-24-16-13(14)7-12(20)8-23-16)26-15(10)27-19(3,4)18(28)22-6-5-21;1-10(2)23-17(26)18(3,4)25-14-5-6-20-16(24-14)13-9-22-15-12(13)7-11(19)8-21-15;18-8-3-9-10(5-24-12(9)23-4-8)13-25-6-11(19)14(27-13)28-16(1-2-16)15(29)26-7-17(20,21)22;18-8-3-9-10(5-23-13(9)22-4-8)14-24-6-11(19)15(26-14)27-17(1-2-17)16(28)25-7-12(20)21;1-2-20-16(26)17(3-4-17)25-15-12(19)8-23-14(24-15)11-7-22-13-10(11)5-9(18)6-21-13;;;;;;;;;;;;;;;/h7-9H,5-6H2,1-4H3,(H,22,28)(H,23,24)(H,25,26,27);5-10H,1-4H3,(H,21,22)(H,23,26)(H,20,24,25);3-6H,1-2,7H2,(H,23,24)(H,26,29)(H,25,27,28);3-6,12H,1-2,7H2,(H,22,23)(H,25,28)(H,24,26,27);5-8H,2-4H2,1H3,(H,20,26)(H,21,22)(H,23,24,25);15*1H. The summed E-state index contributed by atoms with van der Waals surface area (Å²) in [7, 11) is 0. The van der Waals surface area contributed by atoms with Gasteiger partial charge in [0.15, 0.2) is 64.0 Å². The molecule has 5 amide bonds. The molecule has 0 radical (unpaired) electrons. The highest BCUT2D eigenvalue weighted by Crippen LogP contribution is 2.44. The molecule has 15 aromatic rings. The molecule has 137 heavy (non-hydrogen) atoms. The minimum absolute atomic E-state index is 0. The van der Waals surface area contributed by atoms with Crippen molar-refractivity contribution in [1.29, 1.82) is 0 Å². The van der Waals surface area contributed by atoms with E-state index in [1.54, 1.807) is 68.5 Å². The van der Waals surface area contributed by atoms with Gasteiger partial charge in [-0.2, -0.15) is 13.2 Å². The summed E-state index contributed by atoms with van der Waals surface area (Å²) in [5, 5.41) is 30.6. The van der Waals surface area contributed by atoms with Crippen molar-refractivity contribution < 1.29 is 98.1 Å². The van der Waals surface area contributed by atoms with E-state index in [1.165, 1.54) is 30.6 Å². The van der Waals surface area contributed by atoms with Crippen LogP contribution < -0.4 is 53.2 Å². The maximum Gasteiger partial charge on any atom is 0.405 e. The molecule has 0 spiro atoms. The number of H-pyrrole nitrogens is 5. The van der Waals surface area contributed by atoms with Crippen LogP contribution in [0, 0.1) is 48.8 Å². The highest BCUT2D eigenvalue weighted by molar-refractivity contribution is 6.31. The van der Waals surface area contributed by atoms with Gasteiger partial charge in [0.1, 0.15) is 98.2 Å². The number of anilines is 5. The molecule has 3 fully saturated rings. The van der Waals surface area contributed by atoms with E-state index in [0.717, 1.165) is 70.3 Å². The van der Waals surface area contributed by atoms with Crippen LogP contribution in [0.5, 0.6) is 0 Å². The minimum atomic E-state index is -4.56. The van der Waals surface area contributed by atoms with Gasteiger partial charge in [-0.05, 0) is 137 Å². The van der Waals surface area contributed by atoms with Crippen molar-refractivity contribution in [3.05, 3.63) is 179 Å². The fraction of sp³-hybridized carbons (Fsp3) is 0.318. The SMILES string of the molecule is CC(C)NC(=O)C(C)(C)Nc1ccnc(-c2c[nH]c3ncc(Cl)cc23)n1.CCNC(=O)C1(Nc2nc(-c3c[nH]c4ncc(F)cc34)ncc2F)CC1.Cc1nc(-c2c[nH]c3ncc(Cl)cc23)nc(NC(C)(C)C(=O)NCCF)c1C.O=C(NCC(F)(F)F)C1(Nc2nc(-c3c[nH]c4ncc(F)cc34)ncc2F)CC1.O=C(NCC(F)F)C1(Nc2nc(-c3c[nH]c4ncc(F)cc34)ncc2F)CC1.[HH].[HH].[HH].[HH].[HH].[HH].[HH].[HH].[HH].[HH].[HH].[HH].[HH].[HH].[HH]. The van der Waals surface area contributed by atoms with Crippen LogP contribution in [0.3, 0.4) is 0 Å². The number of nitrogens with one attached hydrogen (secondary N) is 15. The Morgan fingerprint density at radius 2 is 0.818 bits per heavy atom. The van der Waals surface area contributed by atoms with Crippen LogP contribution in [0.15, 0.2) is 123 Å². The van der Waals surface area contributed by atoms with Crippen molar-refractivity contribution in [2.75, 3.05) is 59.4 Å². The number of hydrogen-bond acceptors (Lipinski definition) is 25. The number of pyridine rings is 5. The van der Waals surface area contributed by atoms with Crippen LogP contribution in [-0.2, 0) is 24.0 Å². The molecule has 0 unspecified atom stereocenters. The molecule has 18 rings (SSSR count). The van der Waals surface area contributed by atoms with E-state index < -0.39 is 107 Å². The summed E-state index contributed by atoms with van der Waals surface area (Å²) >= 11 is 12.1. The monoisotopic (exact) mass is 1970 g/mol. The van der Waals surface area contributed by atoms with Gasteiger partial charge in [0.05, 0.1) is 53.8 Å². The van der Waals surface area contributed by atoms with Crippen molar-refractivity contribution in [2.24, 2.45) is 0 Å². The number of aryl methyl sites for hydroxylation is 1. The van der Waals surface area contributed by atoms with E-state index in [2.05, 4.69) is 148 Å². The van der Waals surface area contributed by atoms with Crippen LogP contribution in [-0.4, -0.2) is 208 Å². The number of amides is 5. The Morgan fingerprint density at radius 1 is 0.453 bits per heavy atom. The summed E-state index contributed by atoms with van der Waals surface area (Å²) in [4.78, 5) is 138. The molecule has 3 saturated carbocycles. The summed E-state index contributed by atoms with van der Waals surface area (Å²) in [6, 6.07) is 9.18. The fourth-order valence-corrected chi connectivity index (χ4v) is 14.2. The third-order valence-electron chi connectivity index (χ3n) is 21.6. The number of aromatic amines is 5. The zero-order valence-electron chi connectivity index (χ0n) is 74.0. The molecule has 0 bridgehead atoms. The average molecular weight is 1970 g/mol. The molecule has 3 aliphatic rings. The maximum absolute atomic E-state index is 14.2. The third-order valence-corrected chi connectivity index (χ3v) is 22.0. The number of nitrogens with zero attached hydrogens (tertiary/aromatic N) is 15. The fourth-order valence-electron chi connectivity index (χ4n) is 13.9. The molecule has 0 atom stereocenters. The summed E-state index contributed by atoms with van der Waals surface area (Å²) in [6.45, 7) is 14.0. The molecule has 3 aliphatic carbocycles. The second kappa shape index (κ2) is 40.2. The lowest BCUT2D eigenvalue weighted by Crippen LogP contribution is -2.50. The molecule has 35 nitrogen and oxygen atoms in total. The van der Waals surface area contributed by atoms with E-state index in [1.807, 2.05) is 54.5 Å². The molecule has 15 heterocycles. The zero-order valence-corrected chi connectivity index (χ0v) is 75.5. The predicted molar refractivity (Wildman–Crippen MR) is 518 cm³/mol. The normalized spacial score (nSPS) is 13.8. The lowest BCUT2D eigenvalue weighted by atomic mass is 10.0. The van der Waals surface area contributed by atoms with Crippen molar-refractivity contribution in [1.82, 2.24) is 126 Å². The van der Waals surface area contributed by atoms with Gasteiger partial charge in [-0.25, -0.2) is 114 Å². The van der Waals surface area contributed by atoms with Crippen LogP contribution in [0.25, 0.3) is 112 Å². The van der Waals surface area contributed by atoms with Gasteiger partial charge in [0.2, 0.25) is 29.5 Å². The number of carbonyl (C=O) groups excluding carboxylic acids is 5. The Morgan fingerprint density at radius 3 is 1.20 bits per heavy atom. The molecule has 746 valence electrons. The first-order valence-corrected chi connectivity index (χ1v) is 43.0. The van der Waals surface area contributed by atoms with Crippen molar-refractivity contribution in [2.45, 2.75) is 147 Å². The quantitative estimate of drug-likeness (QED) is 0.0213. The molecule has 0 aromatic carbocycles. The maximum atomic E-state index is 14.2. The molecule has 49 heteroatoms. The molecular weight excluding hydrogens is 1860 g/mol. The first-order valence-electron chi connectivity index (χ1n) is 42.2. The van der Waals surface area contributed by atoms with Crippen LogP contribution in [0.4, 0.5) is 81.8 Å². The zero-order chi connectivity index (χ0) is 98.4. The lowest BCUT2D eigenvalue weighted by Gasteiger charge is -2.27. The number of alkyl halides is 6. The van der Waals surface area contributed by atoms with Crippen LogP contribution in [0.1, 0.15) is 120 Å². The number of aromatic nitrogens is 20. The molecular formula is C88H116Cl2F12N30O5. The number of halogens is 14. The number of rotatable bonds is 27. The smallest absolute Gasteiger partial charge is 0.356 e. The van der Waals surface area contributed by atoms with Crippen LogP contribution in [0.2, 0.25) is 10.0 Å². The molecule has 15 aromatic heterocycles. The second-order valence-electron chi connectivity index (χ2n) is 33.3. The van der Waals surface area contributed by atoms with E-state index in [9.17, 15) is 76.7 Å². The third kappa shape index (κ3) is 23.1. The minimum Gasteiger partial charge on any atom is -0.356 e. The lowest BCUT2D eigenvalue weighted by molar-refractivity contribution is -0.139. The van der Waals surface area contributed by atoms with Gasteiger partial charge in [-0.15, -0.1) is 0 Å². The van der Waals surface area contributed by atoms with Gasteiger partial charge < -0.3 is 78.1 Å². The summed E-state index contributed by atoms with van der Waals surface area (Å²) < 4.78 is 157. The topological polar surface area (TPSA) is 478 Å². The van der Waals surface area contributed by atoms with E-state index in [4.69, 9.17) is 23.2 Å². The van der Waals surface area contributed by atoms with Gasteiger partial charge in [-0.3, -0.25) is 24.0 Å². The van der Waals surface area contributed by atoms with Gasteiger partial charge in [-0.1, -0.05) is 23.2 Å². The average Bonchev–Trinajstić information content (AvgIpc) is 1.61. The highest BCUT2D eigenvalue weighted by atomic mass is 35.5. The van der Waals surface area contributed by atoms with E-state index in [0.29, 0.717) is 127 Å². The molecule has 0 aliphatic heterocycles. The summed E-state index contributed by atoms with van der Waals surface area (Å²) in [5.74, 6) is -4.34. The van der Waals surface area contributed by atoms with Gasteiger partial charge >= 0.3 is 6.18 Å². The molecule has 0 saturated heterocycles. The Hall–Kier alpha value is -15.1. The summed E-state index contributed by atoms with van der Waals surface area (Å²) in [5.41, 5.74) is 1.85. The van der Waals surface area contributed by atoms with Crippen molar-refractivity contribution in [3.63, 3.8) is 0 Å². The van der Waals surface area contributed by atoms with Crippen molar-refractivity contribution >= 4 is 137 Å². The first kappa shape index (κ1) is 98.0. The van der Waals surface area contributed by atoms with E-state index in [-0.39, 0.29) is 99.5 Å². The Kier molecular flexibility index (Phi) is 28.8. The number of likely N-dealkylation sites (N-methyl/N-ethyl adjacent to an activating group) is 1. The Balaban J connectivity index is 0. The Labute approximate surface area is 801 Å². The van der Waals surface area contributed by atoms with Gasteiger partial charge in [0, 0.05) is 156 Å². The van der Waals surface area contributed by atoms with Gasteiger partial charge in [0.25, 0.3) is 6.43 Å². The van der Waals surface area contributed by atoms with E-state index >= 15 is 0 Å². The first-order chi connectivity index (χ1) is 65.0. The molecule has 15 N–H and O–H groups in total. The van der Waals surface area contributed by atoms with Crippen LogP contribution >= 0.6 is 23.2 Å². The number of fused-ring (bicyclic) bond motifs is 5. The highest BCUT2D eigenvalue weighted by Gasteiger charge is 2.53. The Bertz CT molecular complexity index is 7110. The van der Waals surface area contributed by atoms with Crippen molar-refractivity contribution in [3.8, 4) is 56.9 Å². The largest absolute Gasteiger partial charge is 0.405 e. The predicted octanol–water partition coefficient (Wildman–Crippen LogP) is 18.6. The number of hydrogen-bond donors (Lipinski definition) is 15.